The van der Waals surface area contributed by atoms with Gasteiger partial charge in [0.15, 0.2) is 0 Å². The van der Waals surface area contributed by atoms with Gasteiger partial charge in [-0.05, 0) is 52.7 Å². The van der Waals surface area contributed by atoms with E-state index in [1.54, 1.807) is 6.07 Å². The van der Waals surface area contributed by atoms with E-state index in [1.165, 1.54) is 23.5 Å². The first-order chi connectivity index (χ1) is 9.38. The number of thiophene rings is 1. The summed E-state index contributed by atoms with van der Waals surface area (Å²) in [6.45, 7) is 1.88. The molecule has 7 heteroatoms. The minimum atomic E-state index is -0.881. The van der Waals surface area contributed by atoms with Crippen LogP contribution in [-0.2, 0) is 0 Å². The van der Waals surface area contributed by atoms with Gasteiger partial charge in [0, 0.05) is 5.69 Å². The van der Waals surface area contributed by atoms with Crippen LogP contribution in [-0.4, -0.2) is 11.8 Å². The quantitative estimate of drug-likeness (QED) is 0.885. The van der Waals surface area contributed by atoms with Gasteiger partial charge in [-0.1, -0.05) is 0 Å². The van der Waals surface area contributed by atoms with Crippen LogP contribution >= 0.6 is 27.3 Å². The Morgan fingerprint density at radius 1 is 1.35 bits per heavy atom. The highest BCUT2D eigenvalue weighted by Crippen LogP contribution is 2.28. The number of carbonyl (C=O) groups is 2. The molecule has 0 saturated heterocycles. The number of anilines is 1. The van der Waals surface area contributed by atoms with Crippen molar-refractivity contribution >= 4 is 44.8 Å². The van der Waals surface area contributed by atoms with Crippen molar-refractivity contribution in [1.29, 1.82) is 0 Å². The van der Waals surface area contributed by atoms with Crippen LogP contribution in [0.5, 0.6) is 0 Å². The number of amides is 2. The van der Waals surface area contributed by atoms with Gasteiger partial charge in [-0.25, -0.2) is 4.39 Å². The molecule has 0 aliphatic heterocycles. The number of aryl methyl sites for hydroxylation is 1. The van der Waals surface area contributed by atoms with Crippen LogP contribution in [0.25, 0.3) is 0 Å². The lowest BCUT2D eigenvalue weighted by atomic mass is 10.1. The van der Waals surface area contributed by atoms with E-state index in [2.05, 4.69) is 21.2 Å². The molecule has 1 aromatic heterocycles. The van der Waals surface area contributed by atoms with Gasteiger partial charge in [0.2, 0.25) is 0 Å². The number of primary amides is 1. The molecule has 104 valence electrons. The van der Waals surface area contributed by atoms with Gasteiger partial charge >= 0.3 is 0 Å². The second-order valence-corrected chi connectivity index (χ2v) is 6.45. The Bertz CT molecular complexity index is 680. The fourth-order valence-electron chi connectivity index (χ4n) is 1.56. The van der Waals surface area contributed by atoms with Crippen molar-refractivity contribution in [2.45, 2.75) is 6.92 Å². The molecular formula is C13H10BrFN2O2S. The van der Waals surface area contributed by atoms with Gasteiger partial charge in [-0.15, -0.1) is 11.3 Å². The number of benzene rings is 1. The van der Waals surface area contributed by atoms with E-state index in [0.717, 1.165) is 15.4 Å². The lowest BCUT2D eigenvalue weighted by Gasteiger charge is -2.05. The Hall–Kier alpha value is -1.73. The Labute approximate surface area is 126 Å². The van der Waals surface area contributed by atoms with E-state index in [0.29, 0.717) is 10.6 Å². The van der Waals surface area contributed by atoms with Crippen molar-refractivity contribution in [3.05, 3.63) is 49.9 Å². The van der Waals surface area contributed by atoms with Gasteiger partial charge in [0.1, 0.15) is 5.82 Å². The smallest absolute Gasteiger partial charge is 0.265 e. The highest BCUT2D eigenvalue weighted by molar-refractivity contribution is 9.11. The minimum Gasteiger partial charge on any atom is -0.366 e. The average molecular weight is 357 g/mol. The van der Waals surface area contributed by atoms with Gasteiger partial charge in [-0.2, -0.15) is 0 Å². The Kier molecular flexibility index (Phi) is 4.20. The average Bonchev–Trinajstić information content (AvgIpc) is 2.72. The van der Waals surface area contributed by atoms with Crippen LogP contribution in [0.4, 0.5) is 10.1 Å². The molecule has 20 heavy (non-hydrogen) atoms. The molecule has 1 heterocycles. The predicted octanol–water partition coefficient (Wildman–Crippen LogP) is 3.31. The first-order valence-electron chi connectivity index (χ1n) is 5.55. The van der Waals surface area contributed by atoms with Crippen molar-refractivity contribution in [2.24, 2.45) is 5.73 Å². The van der Waals surface area contributed by atoms with E-state index >= 15 is 0 Å². The normalized spacial score (nSPS) is 10.3. The van der Waals surface area contributed by atoms with Gasteiger partial charge in [-0.3, -0.25) is 9.59 Å². The van der Waals surface area contributed by atoms with E-state index < -0.39 is 11.7 Å². The predicted molar refractivity (Wildman–Crippen MR) is 79.6 cm³/mol. The number of carbonyl (C=O) groups excluding carboxylic acids is 2. The van der Waals surface area contributed by atoms with Crippen LogP contribution < -0.4 is 11.1 Å². The SMILES string of the molecule is Cc1cc(C(=O)Nc2ccc(F)c(C(N)=O)c2)sc1Br. The van der Waals surface area contributed by atoms with Crippen molar-refractivity contribution < 1.29 is 14.0 Å². The summed E-state index contributed by atoms with van der Waals surface area (Å²) in [5.74, 6) is -1.93. The molecule has 0 spiro atoms. The molecule has 0 aliphatic rings. The third-order valence-corrected chi connectivity index (χ3v) is 4.71. The maximum absolute atomic E-state index is 13.3. The molecule has 2 aromatic rings. The number of hydrogen-bond donors (Lipinski definition) is 2. The molecule has 0 fully saturated rings. The molecule has 2 amide bonds. The van der Waals surface area contributed by atoms with Gasteiger partial charge in [0.25, 0.3) is 11.8 Å². The van der Waals surface area contributed by atoms with Gasteiger partial charge < -0.3 is 11.1 Å². The molecule has 0 saturated carbocycles. The molecule has 0 unspecified atom stereocenters. The van der Waals surface area contributed by atoms with E-state index in [1.807, 2.05) is 6.92 Å². The Morgan fingerprint density at radius 2 is 2.05 bits per heavy atom. The molecule has 2 rings (SSSR count). The molecule has 0 bridgehead atoms. The molecule has 3 N–H and O–H groups in total. The van der Waals surface area contributed by atoms with Crippen LogP contribution in [0.15, 0.2) is 28.1 Å². The monoisotopic (exact) mass is 356 g/mol. The lowest BCUT2D eigenvalue weighted by Crippen LogP contribution is -2.15. The summed E-state index contributed by atoms with van der Waals surface area (Å²) >= 11 is 4.63. The molecule has 0 radical (unpaired) electrons. The second-order valence-electron chi connectivity index (χ2n) is 4.08. The summed E-state index contributed by atoms with van der Waals surface area (Å²) in [6.07, 6.45) is 0. The number of halogens is 2. The largest absolute Gasteiger partial charge is 0.366 e. The maximum atomic E-state index is 13.3. The third-order valence-electron chi connectivity index (χ3n) is 2.57. The summed E-state index contributed by atoms with van der Waals surface area (Å²) < 4.78 is 14.2. The molecule has 0 atom stereocenters. The summed E-state index contributed by atoms with van der Waals surface area (Å²) in [5.41, 5.74) is 6.06. The maximum Gasteiger partial charge on any atom is 0.265 e. The van der Waals surface area contributed by atoms with E-state index in [4.69, 9.17) is 5.73 Å². The zero-order valence-electron chi connectivity index (χ0n) is 10.4. The third kappa shape index (κ3) is 3.05. The van der Waals surface area contributed by atoms with Crippen LogP contribution in [0.3, 0.4) is 0 Å². The fourth-order valence-corrected chi connectivity index (χ4v) is 2.99. The summed E-state index contributed by atoms with van der Waals surface area (Å²) in [6, 6.07) is 5.41. The van der Waals surface area contributed by atoms with Crippen LogP contribution in [0.2, 0.25) is 0 Å². The number of nitrogens with one attached hydrogen (secondary N) is 1. The molecule has 0 aliphatic carbocycles. The first-order valence-corrected chi connectivity index (χ1v) is 7.16. The van der Waals surface area contributed by atoms with Crippen molar-refractivity contribution in [1.82, 2.24) is 0 Å². The van der Waals surface area contributed by atoms with Crippen LogP contribution in [0.1, 0.15) is 25.6 Å². The highest BCUT2D eigenvalue weighted by Gasteiger charge is 2.14. The van der Waals surface area contributed by atoms with E-state index in [9.17, 15) is 14.0 Å². The highest BCUT2D eigenvalue weighted by atomic mass is 79.9. The molecule has 1 aromatic carbocycles. The number of nitrogens with two attached hydrogens (primary N) is 1. The Balaban J connectivity index is 2.24. The van der Waals surface area contributed by atoms with Crippen molar-refractivity contribution in [3.63, 3.8) is 0 Å². The summed E-state index contributed by atoms with van der Waals surface area (Å²) in [4.78, 5) is 23.6. The lowest BCUT2D eigenvalue weighted by molar-refractivity contribution is 0.0993. The summed E-state index contributed by atoms with van der Waals surface area (Å²) in [7, 11) is 0. The molecular weight excluding hydrogens is 347 g/mol. The standard InChI is InChI=1S/C13H10BrFN2O2S/c1-6-4-10(20-11(6)14)13(19)17-7-2-3-9(15)8(5-7)12(16)18/h2-5H,1H3,(H2,16,18)(H,17,19). The zero-order valence-corrected chi connectivity index (χ0v) is 12.8. The zero-order chi connectivity index (χ0) is 14.9. The van der Waals surface area contributed by atoms with Gasteiger partial charge in [0.05, 0.1) is 14.2 Å². The minimum absolute atomic E-state index is 0.258. The van der Waals surface area contributed by atoms with E-state index in [-0.39, 0.29) is 11.5 Å². The summed E-state index contributed by atoms with van der Waals surface area (Å²) in [5, 5.41) is 2.60. The first kappa shape index (κ1) is 14.7. The topological polar surface area (TPSA) is 72.2 Å². The van der Waals surface area contributed by atoms with Crippen molar-refractivity contribution in [2.75, 3.05) is 5.32 Å². The Morgan fingerprint density at radius 3 is 2.60 bits per heavy atom. The van der Waals surface area contributed by atoms with Crippen molar-refractivity contribution in [3.8, 4) is 0 Å². The van der Waals surface area contributed by atoms with Crippen LogP contribution in [0, 0.1) is 12.7 Å². The second kappa shape index (κ2) is 5.72. The number of rotatable bonds is 3. The molecule has 4 nitrogen and oxygen atoms in total. The fraction of sp³-hybridized carbons (Fsp3) is 0.0769. The number of hydrogen-bond acceptors (Lipinski definition) is 3.